The Kier molecular flexibility index (Phi) is 7.66. The van der Waals surface area contributed by atoms with E-state index in [-0.39, 0.29) is 23.3 Å². The molecule has 218 valence electrons. The lowest BCUT2D eigenvalue weighted by Crippen LogP contribution is -2.10. The molecule has 3 heterocycles. The molecule has 0 atom stereocenters. The zero-order valence-corrected chi connectivity index (χ0v) is 24.7. The molecule has 0 saturated carbocycles. The van der Waals surface area contributed by atoms with E-state index in [0.717, 1.165) is 43.1 Å². The molecule has 0 spiro atoms. The maximum absolute atomic E-state index is 12.5. The van der Waals surface area contributed by atoms with Gasteiger partial charge in [0.1, 0.15) is 0 Å². The maximum atomic E-state index is 12.5. The molecule has 7 heteroatoms. The van der Waals surface area contributed by atoms with E-state index in [1.54, 1.807) is 35.6 Å². The van der Waals surface area contributed by atoms with E-state index in [2.05, 4.69) is 59.2 Å². The minimum absolute atomic E-state index is 0.257. The van der Waals surface area contributed by atoms with Crippen LogP contribution in [0, 0.1) is 0 Å². The minimum Gasteiger partial charge on any atom is -0.459 e. The van der Waals surface area contributed by atoms with Crippen LogP contribution in [0.4, 0.5) is 11.4 Å². The highest BCUT2D eigenvalue weighted by Gasteiger charge is 2.23. The number of carbonyl (C=O) groups is 2. The summed E-state index contributed by atoms with van der Waals surface area (Å²) in [7, 11) is 0. The number of hydrogen-bond acceptors (Lipinski definition) is 5. The van der Waals surface area contributed by atoms with Crippen molar-refractivity contribution in [3.8, 4) is 43.1 Å². The third-order valence-electron chi connectivity index (χ3n) is 7.33. The van der Waals surface area contributed by atoms with Crippen molar-refractivity contribution in [1.29, 1.82) is 0 Å². The summed E-state index contributed by atoms with van der Waals surface area (Å²) in [4.78, 5) is 27.3. The quantitative estimate of drug-likeness (QED) is 0.180. The molecule has 2 amide bonds. The molecule has 3 aromatic heterocycles. The Hall–Kier alpha value is -5.92. The zero-order valence-electron chi connectivity index (χ0n) is 23.9. The summed E-state index contributed by atoms with van der Waals surface area (Å²) in [5.74, 6) is -0.0858. The maximum Gasteiger partial charge on any atom is 0.291 e. The molecule has 0 aliphatic carbocycles. The van der Waals surface area contributed by atoms with Crippen LogP contribution < -0.4 is 10.6 Å². The molecule has 4 aromatic carbocycles. The SMILES string of the molecule is O=C(Nc1ccc(-c2sc(-c3ccc(NC(=O)c4ccco4)cc3)c(-c3ccccc3)c2-c2ccccc2)cc1)c1ccco1. The van der Waals surface area contributed by atoms with E-state index < -0.39 is 0 Å². The number of carbonyl (C=O) groups excluding carboxylic acids is 2. The van der Waals surface area contributed by atoms with Gasteiger partial charge in [-0.05, 0) is 70.8 Å². The summed E-state index contributed by atoms with van der Waals surface area (Å²) in [5.41, 5.74) is 7.87. The second-order valence-electron chi connectivity index (χ2n) is 10.3. The van der Waals surface area contributed by atoms with Crippen LogP contribution in [-0.2, 0) is 0 Å². The van der Waals surface area contributed by atoms with E-state index >= 15 is 0 Å². The second-order valence-corrected chi connectivity index (χ2v) is 11.3. The number of thiophene rings is 1. The van der Waals surface area contributed by atoms with Crippen molar-refractivity contribution in [1.82, 2.24) is 0 Å². The van der Waals surface area contributed by atoms with Crippen LogP contribution in [0.1, 0.15) is 21.1 Å². The lowest BCUT2D eigenvalue weighted by atomic mass is 9.91. The molecular weight excluding hydrogens is 580 g/mol. The number of amides is 2. The van der Waals surface area contributed by atoms with Crippen molar-refractivity contribution in [3.05, 3.63) is 158 Å². The van der Waals surface area contributed by atoms with Crippen molar-refractivity contribution in [2.75, 3.05) is 10.6 Å². The molecule has 0 saturated heterocycles. The summed E-state index contributed by atoms with van der Waals surface area (Å²) in [6.45, 7) is 0. The molecule has 6 nitrogen and oxygen atoms in total. The van der Waals surface area contributed by atoms with E-state index in [0.29, 0.717) is 11.4 Å². The van der Waals surface area contributed by atoms with Crippen LogP contribution in [0.2, 0.25) is 0 Å². The number of anilines is 2. The minimum atomic E-state index is -0.300. The van der Waals surface area contributed by atoms with Gasteiger partial charge in [-0.2, -0.15) is 0 Å². The van der Waals surface area contributed by atoms with Gasteiger partial charge in [-0.15, -0.1) is 11.3 Å². The standard InChI is InChI=1S/C38H26N2O4S/c41-37(31-13-7-23-43-31)39-29-19-15-27(16-20-29)35-33(25-9-3-1-4-10-25)34(26-11-5-2-6-12-26)36(45-35)28-17-21-30(22-18-28)40-38(42)32-14-8-24-44-32/h1-24H,(H,39,41)(H,40,42). The molecule has 2 N–H and O–H groups in total. The Morgan fingerprint density at radius 1 is 0.444 bits per heavy atom. The van der Waals surface area contributed by atoms with Gasteiger partial charge in [0.2, 0.25) is 0 Å². The molecule has 7 rings (SSSR count). The fourth-order valence-corrected chi connectivity index (χ4v) is 6.56. The van der Waals surface area contributed by atoms with Crippen LogP contribution in [0.3, 0.4) is 0 Å². The topological polar surface area (TPSA) is 84.5 Å². The van der Waals surface area contributed by atoms with Gasteiger partial charge in [0, 0.05) is 32.3 Å². The number of hydrogen-bond donors (Lipinski definition) is 2. The van der Waals surface area contributed by atoms with Crippen LogP contribution in [0.5, 0.6) is 0 Å². The van der Waals surface area contributed by atoms with Gasteiger partial charge in [0.15, 0.2) is 11.5 Å². The Balaban J connectivity index is 1.31. The van der Waals surface area contributed by atoms with Gasteiger partial charge < -0.3 is 19.5 Å². The monoisotopic (exact) mass is 606 g/mol. The van der Waals surface area contributed by atoms with Gasteiger partial charge >= 0.3 is 0 Å². The highest BCUT2D eigenvalue weighted by molar-refractivity contribution is 7.20. The van der Waals surface area contributed by atoms with E-state index in [4.69, 9.17) is 8.83 Å². The number of nitrogens with one attached hydrogen (secondary N) is 2. The normalized spacial score (nSPS) is 10.8. The van der Waals surface area contributed by atoms with E-state index in [9.17, 15) is 9.59 Å². The van der Waals surface area contributed by atoms with E-state index in [1.807, 2.05) is 60.7 Å². The van der Waals surface area contributed by atoms with Crippen molar-refractivity contribution in [2.45, 2.75) is 0 Å². The lowest BCUT2D eigenvalue weighted by molar-refractivity contribution is 0.0989. The number of benzene rings is 4. The van der Waals surface area contributed by atoms with Crippen LogP contribution in [0.25, 0.3) is 43.1 Å². The van der Waals surface area contributed by atoms with Crippen molar-refractivity contribution < 1.29 is 18.4 Å². The van der Waals surface area contributed by atoms with Crippen molar-refractivity contribution >= 4 is 34.5 Å². The van der Waals surface area contributed by atoms with Crippen molar-refractivity contribution in [3.63, 3.8) is 0 Å². The van der Waals surface area contributed by atoms with Crippen molar-refractivity contribution in [2.24, 2.45) is 0 Å². The molecular formula is C38H26N2O4S. The number of rotatable bonds is 8. The Labute approximate surface area is 263 Å². The van der Waals surface area contributed by atoms with Gasteiger partial charge in [-0.3, -0.25) is 9.59 Å². The summed E-state index contributed by atoms with van der Waals surface area (Å²) < 4.78 is 10.5. The first-order chi connectivity index (χ1) is 22.1. The van der Waals surface area contributed by atoms with Crippen LogP contribution in [0.15, 0.2) is 155 Å². The van der Waals surface area contributed by atoms with Gasteiger partial charge in [-0.25, -0.2) is 0 Å². The first kappa shape index (κ1) is 27.9. The molecule has 0 unspecified atom stereocenters. The van der Waals surface area contributed by atoms with Crippen LogP contribution in [-0.4, -0.2) is 11.8 Å². The van der Waals surface area contributed by atoms with E-state index in [1.165, 1.54) is 12.5 Å². The predicted molar refractivity (Wildman–Crippen MR) is 179 cm³/mol. The zero-order chi connectivity index (χ0) is 30.6. The molecule has 45 heavy (non-hydrogen) atoms. The van der Waals surface area contributed by atoms with Gasteiger partial charge in [-0.1, -0.05) is 84.9 Å². The third-order valence-corrected chi connectivity index (χ3v) is 8.62. The second kappa shape index (κ2) is 12.4. The first-order valence-electron chi connectivity index (χ1n) is 14.3. The van der Waals surface area contributed by atoms with Crippen LogP contribution >= 0.6 is 11.3 Å². The Bertz CT molecular complexity index is 1900. The molecule has 0 bridgehead atoms. The third kappa shape index (κ3) is 5.85. The molecule has 7 aromatic rings. The smallest absolute Gasteiger partial charge is 0.291 e. The Morgan fingerprint density at radius 3 is 1.20 bits per heavy atom. The fourth-order valence-electron chi connectivity index (χ4n) is 5.21. The summed E-state index contributed by atoms with van der Waals surface area (Å²) in [6.07, 6.45) is 2.96. The summed E-state index contributed by atoms with van der Waals surface area (Å²) in [5, 5.41) is 5.80. The molecule has 0 fully saturated rings. The van der Waals surface area contributed by atoms with Gasteiger partial charge in [0.05, 0.1) is 12.5 Å². The first-order valence-corrected chi connectivity index (χ1v) is 15.1. The fraction of sp³-hybridized carbons (Fsp3) is 0. The lowest BCUT2D eigenvalue weighted by Gasteiger charge is -2.11. The predicted octanol–water partition coefficient (Wildman–Crippen LogP) is 10.1. The molecule has 0 aliphatic heterocycles. The van der Waals surface area contributed by atoms with Gasteiger partial charge in [0.25, 0.3) is 11.8 Å². The largest absolute Gasteiger partial charge is 0.459 e. The highest BCUT2D eigenvalue weighted by atomic mass is 32.1. The molecule has 0 radical (unpaired) electrons. The average Bonchev–Trinajstić information content (AvgIpc) is 3.88. The summed E-state index contributed by atoms with van der Waals surface area (Å²) >= 11 is 1.71. The highest BCUT2D eigenvalue weighted by Crippen LogP contribution is 2.52. The average molecular weight is 607 g/mol. The Morgan fingerprint density at radius 2 is 0.844 bits per heavy atom. The molecule has 0 aliphatic rings. The number of furan rings is 2. The summed E-state index contributed by atoms with van der Waals surface area (Å²) in [6, 6.07) is 43.1.